The Kier molecular flexibility index (Phi) is 7.80. The Morgan fingerprint density at radius 2 is 0.852 bits per heavy atom. The Bertz CT molecular complexity index is 2730. The fourth-order valence-electron chi connectivity index (χ4n) is 7.74. The Labute approximate surface area is 311 Å². The molecule has 0 aliphatic rings. The minimum Gasteiger partial charge on any atom is -0.309 e. The normalized spacial score (nSPS) is 12.5. The van der Waals surface area contributed by atoms with Crippen molar-refractivity contribution in [1.82, 2.24) is 9.13 Å². The number of hydrogen-bond donors (Lipinski definition) is 0. The lowest BCUT2D eigenvalue weighted by Crippen LogP contribution is -2.16. The second kappa shape index (κ2) is 12.1. The van der Waals surface area contributed by atoms with Crippen molar-refractivity contribution in [2.24, 2.45) is 0 Å². The first-order chi connectivity index (χ1) is 25.6. The molecule has 0 N–H and O–H groups in total. The molecule has 2 aromatic heterocycles. The van der Waals surface area contributed by atoms with E-state index in [1.54, 1.807) is 33.4 Å². The van der Waals surface area contributed by atoms with Crippen LogP contribution in [0.4, 0.5) is 13.2 Å². The van der Waals surface area contributed by atoms with Gasteiger partial charge in [-0.1, -0.05) is 90.1 Å². The largest absolute Gasteiger partial charge is 0.420 e. The highest BCUT2D eigenvalue weighted by Crippen LogP contribution is 2.47. The number of nitrogens with zero attached hydrogens (tertiary/aromatic N) is 4. The Hall–Kier alpha value is -6.31. The third-order valence-electron chi connectivity index (χ3n) is 10.5. The minimum absolute atomic E-state index is 0.0529. The molecule has 0 radical (unpaired) electrons. The van der Waals surface area contributed by atoms with Gasteiger partial charge in [0.25, 0.3) is 0 Å². The standard InChI is InChI=1S/C47H37F3N4/c1-45(2,3)32-15-17-40-36(24-32)34-11-7-9-13-38(34)53(40)42-22-31(30-20-28(26-51)19-29(21-30)27-52)23-43(44(42)47(48,49)50)54-39-14-10-8-12-35(39)37-25-33(46(4,5)6)16-18-41(37)54/h7-25H,1-6H3. The number of nitriles is 2. The lowest BCUT2D eigenvalue weighted by molar-refractivity contribution is -0.137. The molecule has 0 saturated carbocycles. The molecule has 6 aromatic carbocycles. The quantitative estimate of drug-likeness (QED) is 0.183. The zero-order chi connectivity index (χ0) is 38.3. The van der Waals surface area contributed by atoms with Crippen molar-refractivity contribution in [2.75, 3.05) is 0 Å². The van der Waals surface area contributed by atoms with E-state index in [0.717, 1.165) is 32.7 Å². The molecule has 2 heterocycles. The van der Waals surface area contributed by atoms with Gasteiger partial charge in [-0.15, -0.1) is 0 Å². The highest BCUT2D eigenvalue weighted by molar-refractivity contribution is 6.11. The summed E-state index contributed by atoms with van der Waals surface area (Å²) in [6, 6.07) is 39.2. The van der Waals surface area contributed by atoms with Crippen LogP contribution in [0.2, 0.25) is 0 Å². The van der Waals surface area contributed by atoms with Crippen molar-refractivity contribution >= 4 is 43.6 Å². The molecule has 0 saturated heterocycles. The molecule has 0 aliphatic heterocycles. The van der Waals surface area contributed by atoms with Gasteiger partial charge in [0.2, 0.25) is 0 Å². The van der Waals surface area contributed by atoms with E-state index in [1.807, 2.05) is 72.8 Å². The SMILES string of the molecule is CC(C)(C)c1ccc2c(c1)c1ccccc1n2-c1cc(-c2cc(C#N)cc(C#N)c2)cc(-n2c3ccccc3c3cc(C(C)(C)C)ccc32)c1C(F)(F)F. The first-order valence-electron chi connectivity index (χ1n) is 17.9. The van der Waals surface area contributed by atoms with Crippen LogP contribution in [0, 0.1) is 22.7 Å². The highest BCUT2D eigenvalue weighted by atomic mass is 19.4. The van der Waals surface area contributed by atoms with Gasteiger partial charge < -0.3 is 9.13 Å². The summed E-state index contributed by atoms with van der Waals surface area (Å²) in [7, 11) is 0. The summed E-state index contributed by atoms with van der Waals surface area (Å²) in [6.45, 7) is 12.7. The third kappa shape index (κ3) is 5.60. The third-order valence-corrected chi connectivity index (χ3v) is 10.5. The van der Waals surface area contributed by atoms with Gasteiger partial charge in [-0.3, -0.25) is 0 Å². The maximum absolute atomic E-state index is 16.2. The molecule has 7 heteroatoms. The molecule has 4 nitrogen and oxygen atoms in total. The number of benzene rings is 6. The van der Waals surface area contributed by atoms with Crippen LogP contribution in [-0.4, -0.2) is 9.13 Å². The van der Waals surface area contributed by atoms with Gasteiger partial charge in [0.15, 0.2) is 0 Å². The van der Waals surface area contributed by atoms with Crippen LogP contribution in [0.5, 0.6) is 0 Å². The zero-order valence-corrected chi connectivity index (χ0v) is 30.9. The predicted octanol–water partition coefficient (Wildman–Crippen LogP) is 12.9. The average Bonchev–Trinajstić information content (AvgIpc) is 3.65. The van der Waals surface area contributed by atoms with Gasteiger partial charge in [0.05, 0.1) is 56.7 Å². The number of hydrogen-bond acceptors (Lipinski definition) is 2. The van der Waals surface area contributed by atoms with E-state index < -0.39 is 11.7 Å². The zero-order valence-electron chi connectivity index (χ0n) is 30.9. The molecule has 8 aromatic rings. The molecule has 0 atom stereocenters. The fraction of sp³-hybridized carbons (Fsp3) is 0.191. The molecule has 0 amide bonds. The summed E-state index contributed by atoms with van der Waals surface area (Å²) in [5.74, 6) is 0. The topological polar surface area (TPSA) is 57.4 Å². The van der Waals surface area contributed by atoms with Crippen molar-refractivity contribution in [2.45, 2.75) is 58.5 Å². The van der Waals surface area contributed by atoms with E-state index in [4.69, 9.17) is 0 Å². The van der Waals surface area contributed by atoms with Gasteiger partial charge in [-0.25, -0.2) is 0 Å². The van der Waals surface area contributed by atoms with Gasteiger partial charge in [0.1, 0.15) is 5.56 Å². The molecule has 0 aliphatic carbocycles. The summed E-state index contributed by atoms with van der Waals surface area (Å²) in [5.41, 5.74) is 4.79. The van der Waals surface area contributed by atoms with E-state index in [-0.39, 0.29) is 33.3 Å². The number of fused-ring (bicyclic) bond motifs is 6. The second-order valence-corrected chi connectivity index (χ2v) is 16.1. The maximum atomic E-state index is 16.2. The molecule has 0 unspecified atom stereocenters. The van der Waals surface area contributed by atoms with E-state index in [0.29, 0.717) is 33.2 Å². The van der Waals surface area contributed by atoms with Crippen LogP contribution in [0.1, 0.15) is 69.4 Å². The van der Waals surface area contributed by atoms with Crippen molar-refractivity contribution in [1.29, 1.82) is 10.5 Å². The van der Waals surface area contributed by atoms with Crippen LogP contribution in [0.15, 0.2) is 115 Å². The van der Waals surface area contributed by atoms with E-state index in [1.165, 1.54) is 6.07 Å². The second-order valence-electron chi connectivity index (χ2n) is 16.1. The molecular weight excluding hydrogens is 678 g/mol. The lowest BCUT2D eigenvalue weighted by atomic mass is 9.86. The Morgan fingerprint density at radius 3 is 1.24 bits per heavy atom. The number of halogens is 3. The summed E-state index contributed by atoms with van der Waals surface area (Å²) < 4.78 is 52.0. The van der Waals surface area contributed by atoms with Gasteiger partial charge in [0, 0.05) is 21.5 Å². The predicted molar refractivity (Wildman–Crippen MR) is 212 cm³/mol. The number of aromatic nitrogens is 2. The van der Waals surface area contributed by atoms with Crippen molar-refractivity contribution in [3.8, 4) is 34.6 Å². The van der Waals surface area contributed by atoms with Crippen molar-refractivity contribution < 1.29 is 13.2 Å². The van der Waals surface area contributed by atoms with Gasteiger partial charge in [-0.2, -0.15) is 23.7 Å². The van der Waals surface area contributed by atoms with Crippen LogP contribution in [0.25, 0.3) is 66.1 Å². The van der Waals surface area contributed by atoms with Crippen molar-refractivity contribution in [3.05, 3.63) is 143 Å². The minimum atomic E-state index is -4.80. The number of para-hydroxylation sites is 2. The van der Waals surface area contributed by atoms with Gasteiger partial charge in [-0.05, 0) is 99.8 Å². The molecule has 266 valence electrons. The number of rotatable bonds is 3. The first-order valence-corrected chi connectivity index (χ1v) is 17.9. The van der Waals surface area contributed by atoms with Crippen LogP contribution in [-0.2, 0) is 17.0 Å². The van der Waals surface area contributed by atoms with E-state index >= 15 is 13.2 Å². The summed E-state index contributed by atoms with van der Waals surface area (Å²) in [5, 5.41) is 23.2. The summed E-state index contributed by atoms with van der Waals surface area (Å²) >= 11 is 0. The smallest absolute Gasteiger partial charge is 0.309 e. The maximum Gasteiger partial charge on any atom is 0.420 e. The Balaban J connectivity index is 1.59. The summed E-state index contributed by atoms with van der Waals surface area (Å²) in [4.78, 5) is 0. The molecule has 8 rings (SSSR count). The lowest BCUT2D eigenvalue weighted by Gasteiger charge is -2.24. The molecular formula is C47H37F3N4. The first kappa shape index (κ1) is 34.8. The highest BCUT2D eigenvalue weighted by Gasteiger charge is 2.39. The van der Waals surface area contributed by atoms with Crippen LogP contribution in [0.3, 0.4) is 0 Å². The molecule has 0 fully saturated rings. The average molecular weight is 715 g/mol. The van der Waals surface area contributed by atoms with Crippen LogP contribution >= 0.6 is 0 Å². The number of alkyl halides is 3. The molecule has 0 bridgehead atoms. The molecule has 54 heavy (non-hydrogen) atoms. The van der Waals surface area contributed by atoms with E-state index in [2.05, 4.69) is 65.8 Å². The summed E-state index contributed by atoms with van der Waals surface area (Å²) in [6.07, 6.45) is -4.80. The van der Waals surface area contributed by atoms with Gasteiger partial charge >= 0.3 is 6.18 Å². The Morgan fingerprint density at radius 1 is 0.463 bits per heavy atom. The van der Waals surface area contributed by atoms with Crippen LogP contribution < -0.4 is 0 Å². The molecule has 0 spiro atoms. The monoisotopic (exact) mass is 714 g/mol. The fourth-order valence-corrected chi connectivity index (χ4v) is 7.74. The van der Waals surface area contributed by atoms with Crippen molar-refractivity contribution in [3.63, 3.8) is 0 Å². The van der Waals surface area contributed by atoms with E-state index in [9.17, 15) is 10.5 Å².